The molecule has 1 fully saturated rings. The molecular weight excluding hydrogens is 313 g/mol. The lowest BCUT2D eigenvalue weighted by Gasteiger charge is -2.24. The van der Waals surface area contributed by atoms with Gasteiger partial charge in [-0.25, -0.2) is 9.18 Å². The second kappa shape index (κ2) is 7.16. The van der Waals surface area contributed by atoms with E-state index in [9.17, 15) is 14.0 Å². The minimum absolute atomic E-state index is 0.224. The Hall–Kier alpha value is -2.83. The number of halogens is 1. The van der Waals surface area contributed by atoms with E-state index in [0.29, 0.717) is 24.4 Å². The number of carbonyl (C=O) groups excluding carboxylic acids is 2. The molecule has 2 aromatic rings. The molecule has 1 aliphatic rings. The van der Waals surface area contributed by atoms with Gasteiger partial charge in [0.2, 0.25) is 5.91 Å². The van der Waals surface area contributed by atoms with Crippen molar-refractivity contribution in [3.05, 3.63) is 54.2 Å². The third kappa shape index (κ3) is 3.73. The fourth-order valence-corrected chi connectivity index (χ4v) is 2.75. The molecule has 0 bridgehead atoms. The monoisotopic (exact) mass is 331 g/mol. The van der Waals surface area contributed by atoms with E-state index in [1.165, 1.54) is 29.4 Å². The summed E-state index contributed by atoms with van der Waals surface area (Å²) in [6.45, 7) is 0.766. The van der Waals surface area contributed by atoms with Gasteiger partial charge in [-0.2, -0.15) is 0 Å². The topological polar surface area (TPSA) is 74.6 Å². The molecule has 2 N–H and O–H groups in total. The third-order valence-electron chi connectivity index (χ3n) is 3.91. The van der Waals surface area contributed by atoms with Crippen molar-refractivity contribution in [2.24, 2.45) is 0 Å². The standard InChI is InChI=1S/C17H18FN3O3/c18-12-4-1-5-13(10-12)20-17(23)21-8-2-7-15(21)16(22)19-11-14-6-3-9-24-14/h1,3-6,9-10,15H,2,7-8,11H2,(H,19,22)(H,20,23)/t15-/m1/s1. The number of anilines is 1. The van der Waals surface area contributed by atoms with Crippen LogP contribution in [0.5, 0.6) is 0 Å². The van der Waals surface area contributed by atoms with Crippen LogP contribution in [0.4, 0.5) is 14.9 Å². The van der Waals surface area contributed by atoms with Crippen LogP contribution in [-0.2, 0) is 11.3 Å². The van der Waals surface area contributed by atoms with Gasteiger partial charge < -0.3 is 20.0 Å². The molecule has 2 heterocycles. The first kappa shape index (κ1) is 16.0. The van der Waals surface area contributed by atoms with Gasteiger partial charge in [-0.05, 0) is 43.2 Å². The van der Waals surface area contributed by atoms with Gasteiger partial charge in [0.05, 0.1) is 12.8 Å². The first-order valence-corrected chi connectivity index (χ1v) is 7.77. The summed E-state index contributed by atoms with van der Waals surface area (Å²) in [6, 6.07) is 8.23. The Morgan fingerprint density at radius 2 is 2.17 bits per heavy atom. The van der Waals surface area contributed by atoms with Crippen molar-refractivity contribution in [1.29, 1.82) is 0 Å². The van der Waals surface area contributed by atoms with E-state index in [1.807, 2.05) is 0 Å². The summed E-state index contributed by atoms with van der Waals surface area (Å²) < 4.78 is 18.4. The predicted octanol–water partition coefficient (Wildman–Crippen LogP) is 2.73. The Labute approximate surface area is 138 Å². The minimum atomic E-state index is -0.534. The van der Waals surface area contributed by atoms with Crippen LogP contribution in [0.3, 0.4) is 0 Å². The summed E-state index contributed by atoms with van der Waals surface area (Å²) in [7, 11) is 0. The summed E-state index contributed by atoms with van der Waals surface area (Å²) in [5.41, 5.74) is 0.363. The van der Waals surface area contributed by atoms with Crippen LogP contribution in [0.2, 0.25) is 0 Å². The van der Waals surface area contributed by atoms with Crippen molar-refractivity contribution in [1.82, 2.24) is 10.2 Å². The summed E-state index contributed by atoms with van der Waals surface area (Å²) in [4.78, 5) is 26.2. The highest BCUT2D eigenvalue weighted by atomic mass is 19.1. The molecule has 126 valence electrons. The maximum Gasteiger partial charge on any atom is 0.322 e. The number of rotatable bonds is 4. The molecule has 1 aliphatic heterocycles. The Kier molecular flexibility index (Phi) is 4.79. The average Bonchev–Trinajstić information content (AvgIpc) is 3.24. The molecule has 0 unspecified atom stereocenters. The van der Waals surface area contributed by atoms with E-state index < -0.39 is 17.9 Å². The molecule has 1 saturated heterocycles. The third-order valence-corrected chi connectivity index (χ3v) is 3.91. The SMILES string of the molecule is O=C(NCc1ccco1)[C@H]1CCCN1C(=O)Nc1cccc(F)c1. The number of urea groups is 1. The zero-order valence-electron chi connectivity index (χ0n) is 13.0. The van der Waals surface area contributed by atoms with Gasteiger partial charge in [0.15, 0.2) is 0 Å². The summed E-state index contributed by atoms with van der Waals surface area (Å²) in [5.74, 6) is -0.00244. The first-order valence-electron chi connectivity index (χ1n) is 7.77. The molecule has 24 heavy (non-hydrogen) atoms. The number of nitrogens with zero attached hydrogens (tertiary/aromatic N) is 1. The van der Waals surface area contributed by atoms with Crippen LogP contribution in [0.25, 0.3) is 0 Å². The average molecular weight is 331 g/mol. The molecule has 0 radical (unpaired) electrons. The molecule has 3 rings (SSSR count). The lowest BCUT2D eigenvalue weighted by atomic mass is 10.2. The van der Waals surface area contributed by atoms with Crippen LogP contribution >= 0.6 is 0 Å². The molecule has 3 amide bonds. The second-order valence-electron chi connectivity index (χ2n) is 5.59. The highest BCUT2D eigenvalue weighted by molar-refractivity contribution is 5.94. The number of hydrogen-bond donors (Lipinski definition) is 2. The van der Waals surface area contributed by atoms with E-state index in [1.54, 1.807) is 18.2 Å². The van der Waals surface area contributed by atoms with Crippen molar-refractivity contribution in [3.8, 4) is 0 Å². The molecular formula is C17H18FN3O3. The number of benzene rings is 1. The number of furan rings is 1. The maximum atomic E-state index is 13.2. The molecule has 1 aromatic carbocycles. The Balaban J connectivity index is 1.59. The zero-order valence-corrected chi connectivity index (χ0v) is 13.0. The molecule has 7 heteroatoms. The molecule has 6 nitrogen and oxygen atoms in total. The number of hydrogen-bond acceptors (Lipinski definition) is 3. The van der Waals surface area contributed by atoms with Crippen LogP contribution < -0.4 is 10.6 Å². The maximum absolute atomic E-state index is 13.2. The lowest BCUT2D eigenvalue weighted by molar-refractivity contribution is -0.124. The van der Waals surface area contributed by atoms with Gasteiger partial charge in [-0.15, -0.1) is 0 Å². The van der Waals surface area contributed by atoms with E-state index in [2.05, 4.69) is 10.6 Å². The molecule has 0 saturated carbocycles. The normalized spacial score (nSPS) is 16.9. The second-order valence-corrected chi connectivity index (χ2v) is 5.59. The van der Waals surface area contributed by atoms with E-state index in [4.69, 9.17) is 4.42 Å². The van der Waals surface area contributed by atoms with Crippen LogP contribution in [0.15, 0.2) is 47.1 Å². The lowest BCUT2D eigenvalue weighted by Crippen LogP contribution is -2.47. The fourth-order valence-electron chi connectivity index (χ4n) is 2.75. The first-order chi connectivity index (χ1) is 11.6. The van der Waals surface area contributed by atoms with E-state index >= 15 is 0 Å². The van der Waals surface area contributed by atoms with Gasteiger partial charge >= 0.3 is 6.03 Å². The number of amides is 3. The van der Waals surface area contributed by atoms with Crippen molar-refractivity contribution >= 4 is 17.6 Å². The van der Waals surface area contributed by atoms with Crippen molar-refractivity contribution in [2.75, 3.05) is 11.9 Å². The molecule has 0 spiro atoms. The Morgan fingerprint density at radius 1 is 1.29 bits per heavy atom. The van der Waals surface area contributed by atoms with Crippen molar-refractivity contribution in [2.45, 2.75) is 25.4 Å². The number of nitrogens with one attached hydrogen (secondary N) is 2. The quantitative estimate of drug-likeness (QED) is 0.904. The molecule has 1 atom stereocenters. The summed E-state index contributed by atoms with van der Waals surface area (Å²) in [6.07, 6.45) is 2.88. The number of carbonyl (C=O) groups is 2. The van der Waals surface area contributed by atoms with Crippen LogP contribution in [0.1, 0.15) is 18.6 Å². The van der Waals surface area contributed by atoms with Crippen molar-refractivity contribution in [3.63, 3.8) is 0 Å². The highest BCUT2D eigenvalue weighted by Crippen LogP contribution is 2.19. The summed E-state index contributed by atoms with van der Waals surface area (Å²) in [5, 5.41) is 5.40. The van der Waals surface area contributed by atoms with Gasteiger partial charge in [0.25, 0.3) is 0 Å². The predicted molar refractivity (Wildman–Crippen MR) is 85.7 cm³/mol. The minimum Gasteiger partial charge on any atom is -0.467 e. The van der Waals surface area contributed by atoms with E-state index in [0.717, 1.165) is 6.42 Å². The van der Waals surface area contributed by atoms with Crippen LogP contribution in [-0.4, -0.2) is 29.4 Å². The molecule has 1 aromatic heterocycles. The largest absolute Gasteiger partial charge is 0.467 e. The highest BCUT2D eigenvalue weighted by Gasteiger charge is 2.34. The smallest absolute Gasteiger partial charge is 0.322 e. The zero-order chi connectivity index (χ0) is 16.9. The van der Waals surface area contributed by atoms with E-state index in [-0.39, 0.29) is 12.5 Å². The fraction of sp³-hybridized carbons (Fsp3) is 0.294. The molecule has 0 aliphatic carbocycles. The summed E-state index contributed by atoms with van der Waals surface area (Å²) >= 11 is 0. The Morgan fingerprint density at radius 3 is 2.92 bits per heavy atom. The number of likely N-dealkylation sites (tertiary alicyclic amines) is 1. The van der Waals surface area contributed by atoms with Gasteiger partial charge in [0.1, 0.15) is 17.6 Å². The Bertz CT molecular complexity index is 718. The van der Waals surface area contributed by atoms with Gasteiger partial charge in [-0.1, -0.05) is 6.07 Å². The van der Waals surface area contributed by atoms with Crippen molar-refractivity contribution < 1.29 is 18.4 Å². The van der Waals surface area contributed by atoms with Gasteiger partial charge in [0, 0.05) is 12.2 Å². The van der Waals surface area contributed by atoms with Crippen LogP contribution in [0, 0.1) is 5.82 Å². The van der Waals surface area contributed by atoms with Gasteiger partial charge in [-0.3, -0.25) is 4.79 Å².